The first-order valence-corrected chi connectivity index (χ1v) is 13.1. The van der Waals surface area contributed by atoms with Gasteiger partial charge in [-0.3, -0.25) is 4.79 Å². The lowest BCUT2D eigenvalue weighted by molar-refractivity contribution is 0.0981. The van der Waals surface area contributed by atoms with Crippen molar-refractivity contribution in [3.05, 3.63) is 47.7 Å². The highest BCUT2D eigenvalue weighted by atomic mass is 32.2. The Bertz CT molecular complexity index is 1170. The van der Waals surface area contributed by atoms with Crippen LogP contribution in [0, 0.1) is 11.8 Å². The minimum Gasteiger partial charge on any atom is -0.384 e. The lowest BCUT2D eigenvalue weighted by atomic mass is 9.97. The third-order valence-electron chi connectivity index (χ3n) is 5.93. The van der Waals surface area contributed by atoms with Gasteiger partial charge in [0.25, 0.3) is 15.9 Å². The monoisotopic (exact) mass is 485 g/mol. The van der Waals surface area contributed by atoms with Gasteiger partial charge in [0.05, 0.1) is 5.56 Å². The maximum atomic E-state index is 13.3. The quantitative estimate of drug-likeness (QED) is 0.574. The minimum atomic E-state index is -4.21. The van der Waals surface area contributed by atoms with Gasteiger partial charge >= 0.3 is 0 Å². The van der Waals surface area contributed by atoms with E-state index >= 15 is 0 Å². The summed E-state index contributed by atoms with van der Waals surface area (Å²) in [7, 11) is -4.21. The van der Waals surface area contributed by atoms with E-state index in [4.69, 9.17) is 5.73 Å². The lowest BCUT2D eigenvalue weighted by Crippen LogP contribution is -2.41. The van der Waals surface area contributed by atoms with Crippen LogP contribution in [0.25, 0.3) is 6.08 Å². The summed E-state index contributed by atoms with van der Waals surface area (Å²) in [5, 5.41) is -0.310. The van der Waals surface area contributed by atoms with Crippen LogP contribution in [0.5, 0.6) is 0 Å². The Morgan fingerprint density at radius 1 is 1.35 bits per heavy atom. The van der Waals surface area contributed by atoms with Gasteiger partial charge in [0.1, 0.15) is 11.6 Å². The molecule has 8 nitrogen and oxygen atoms in total. The highest BCUT2D eigenvalue weighted by Crippen LogP contribution is 2.37. The summed E-state index contributed by atoms with van der Waals surface area (Å²) in [4.78, 5) is 23.9. The van der Waals surface area contributed by atoms with Crippen molar-refractivity contribution in [1.29, 1.82) is 0 Å². The predicted molar refractivity (Wildman–Crippen MR) is 136 cm³/mol. The molecule has 9 heteroatoms. The Balaban J connectivity index is 1.97. The number of nitrogens with two attached hydrogens (primary N) is 1. The second-order valence-electron chi connectivity index (χ2n) is 10.1. The normalized spacial score (nSPS) is 18.1. The van der Waals surface area contributed by atoms with Gasteiger partial charge in [-0.25, -0.2) is 14.7 Å². The second kappa shape index (κ2) is 10.1. The Kier molecular flexibility index (Phi) is 7.65. The molecule has 0 aromatic carbocycles. The number of hydrogen-bond donors (Lipinski definition) is 2. The summed E-state index contributed by atoms with van der Waals surface area (Å²) < 4.78 is 27.8. The number of allylic oxidation sites excluding steroid dienone is 1. The number of sulfonamides is 1. The fourth-order valence-corrected chi connectivity index (χ4v) is 5.31. The maximum Gasteiger partial charge on any atom is 0.281 e. The molecule has 1 aliphatic heterocycles. The standard InChI is InChI=1S/C25H35N5O3S/c1-17(2)9-6-7-10-19-13-20(23(27-15-19)30-16-18(3)14-25(30,4)5)24(31)29-34(32,33)22-12-8-11-21(26)28-22/h7-8,10-13,15,17-18H,6,9,14,16H2,1-5H3,(H2,26,28)(H,29,31). The highest BCUT2D eigenvalue weighted by Gasteiger charge is 2.39. The van der Waals surface area contributed by atoms with Crippen LogP contribution in [0.4, 0.5) is 11.6 Å². The summed E-state index contributed by atoms with van der Waals surface area (Å²) in [6.45, 7) is 11.4. The van der Waals surface area contributed by atoms with Crippen molar-refractivity contribution in [1.82, 2.24) is 14.7 Å². The fraction of sp³-hybridized carbons (Fsp3) is 0.480. The van der Waals surface area contributed by atoms with Gasteiger partial charge in [-0.1, -0.05) is 39.0 Å². The molecule has 1 unspecified atom stereocenters. The van der Waals surface area contributed by atoms with E-state index in [9.17, 15) is 13.2 Å². The lowest BCUT2D eigenvalue weighted by Gasteiger charge is -2.33. The zero-order chi connectivity index (χ0) is 25.1. The number of anilines is 2. The SMILES string of the molecule is CC(C)CCC=Cc1cnc(N2CC(C)CC2(C)C)c(C(=O)NS(=O)(=O)c2cccc(N)n2)c1. The van der Waals surface area contributed by atoms with E-state index in [0.29, 0.717) is 17.7 Å². The van der Waals surface area contributed by atoms with E-state index in [1.54, 1.807) is 12.3 Å². The number of pyridine rings is 2. The average Bonchev–Trinajstić information content (AvgIpc) is 3.02. The summed E-state index contributed by atoms with van der Waals surface area (Å²) in [6.07, 6.45) is 8.60. The molecule has 0 aliphatic carbocycles. The summed E-state index contributed by atoms with van der Waals surface area (Å²) >= 11 is 0. The highest BCUT2D eigenvalue weighted by molar-refractivity contribution is 7.90. The van der Waals surface area contributed by atoms with E-state index in [1.807, 2.05) is 12.2 Å². The number of carbonyl (C=O) groups is 1. The van der Waals surface area contributed by atoms with Gasteiger partial charge in [0, 0.05) is 18.3 Å². The Hall–Kier alpha value is -2.94. The molecule has 2 aromatic heterocycles. The zero-order valence-corrected chi connectivity index (χ0v) is 21.4. The first-order valence-electron chi connectivity index (χ1n) is 11.6. The molecule has 1 saturated heterocycles. The zero-order valence-electron chi connectivity index (χ0n) is 20.6. The third kappa shape index (κ3) is 6.14. The van der Waals surface area contributed by atoms with E-state index in [2.05, 4.69) is 54.2 Å². The van der Waals surface area contributed by atoms with Crippen molar-refractivity contribution in [3.8, 4) is 0 Å². The van der Waals surface area contributed by atoms with Crippen LogP contribution in [-0.2, 0) is 10.0 Å². The topological polar surface area (TPSA) is 118 Å². The molecule has 0 spiro atoms. The Morgan fingerprint density at radius 3 is 2.71 bits per heavy atom. The first-order chi connectivity index (χ1) is 15.9. The van der Waals surface area contributed by atoms with Gasteiger partial charge in [-0.2, -0.15) is 8.42 Å². The number of aromatic nitrogens is 2. The molecule has 0 bridgehead atoms. The molecule has 34 heavy (non-hydrogen) atoms. The minimum absolute atomic E-state index is 0.0546. The van der Waals surface area contributed by atoms with Gasteiger partial charge in [0.2, 0.25) is 0 Å². The van der Waals surface area contributed by atoms with Gasteiger partial charge in [-0.15, -0.1) is 0 Å². The van der Waals surface area contributed by atoms with Gasteiger partial charge in [0.15, 0.2) is 5.03 Å². The van der Waals surface area contributed by atoms with Crippen LogP contribution < -0.4 is 15.4 Å². The molecule has 1 amide bonds. The summed E-state index contributed by atoms with van der Waals surface area (Å²) in [6, 6.07) is 5.95. The first kappa shape index (κ1) is 25.7. The Morgan fingerprint density at radius 2 is 2.09 bits per heavy atom. The molecule has 1 fully saturated rings. The molecule has 184 valence electrons. The van der Waals surface area contributed by atoms with Crippen LogP contribution in [0.2, 0.25) is 0 Å². The van der Waals surface area contributed by atoms with E-state index in [1.165, 1.54) is 18.2 Å². The van der Waals surface area contributed by atoms with Crippen molar-refractivity contribution in [2.24, 2.45) is 11.8 Å². The molecular weight excluding hydrogens is 450 g/mol. The summed E-state index contributed by atoms with van der Waals surface area (Å²) in [5.74, 6) is 0.792. The molecule has 0 radical (unpaired) electrons. The average molecular weight is 486 g/mol. The number of carbonyl (C=O) groups excluding carboxylic acids is 1. The van der Waals surface area contributed by atoms with E-state index < -0.39 is 15.9 Å². The molecule has 2 aromatic rings. The molecule has 1 aliphatic rings. The third-order valence-corrected chi connectivity index (χ3v) is 7.16. The Labute approximate surface area is 202 Å². The van der Waals surface area contributed by atoms with Crippen LogP contribution in [0.15, 0.2) is 41.6 Å². The predicted octanol–water partition coefficient (Wildman–Crippen LogP) is 4.25. The number of hydrogen-bond acceptors (Lipinski definition) is 7. The number of nitrogen functional groups attached to an aromatic ring is 1. The smallest absolute Gasteiger partial charge is 0.281 e. The number of nitrogens with one attached hydrogen (secondary N) is 1. The molecule has 3 heterocycles. The van der Waals surface area contributed by atoms with Crippen LogP contribution in [0.3, 0.4) is 0 Å². The molecule has 3 rings (SSSR count). The van der Waals surface area contributed by atoms with Crippen molar-refractivity contribution < 1.29 is 13.2 Å². The van der Waals surface area contributed by atoms with E-state index in [0.717, 1.165) is 31.4 Å². The van der Waals surface area contributed by atoms with Crippen LogP contribution >= 0.6 is 0 Å². The molecule has 1 atom stereocenters. The van der Waals surface area contributed by atoms with Crippen LogP contribution in [-0.4, -0.2) is 36.4 Å². The van der Waals surface area contributed by atoms with E-state index in [-0.39, 0.29) is 21.9 Å². The molecular formula is C25H35N5O3S. The second-order valence-corrected chi connectivity index (χ2v) is 11.7. The van der Waals surface area contributed by atoms with Crippen LogP contribution in [0.1, 0.15) is 69.8 Å². The van der Waals surface area contributed by atoms with Crippen molar-refractivity contribution >= 4 is 33.6 Å². The summed E-state index contributed by atoms with van der Waals surface area (Å²) in [5.41, 5.74) is 6.36. The molecule has 0 saturated carbocycles. The van der Waals surface area contributed by atoms with Gasteiger partial charge < -0.3 is 10.6 Å². The molecule has 3 N–H and O–H groups in total. The number of amides is 1. The maximum absolute atomic E-state index is 13.3. The van der Waals surface area contributed by atoms with Gasteiger partial charge in [-0.05, 0) is 68.7 Å². The van der Waals surface area contributed by atoms with Crippen molar-refractivity contribution in [2.45, 2.75) is 64.4 Å². The number of rotatable bonds is 8. The number of nitrogens with zero attached hydrogens (tertiary/aromatic N) is 3. The van der Waals surface area contributed by atoms with Crippen molar-refractivity contribution in [2.75, 3.05) is 17.2 Å². The largest absolute Gasteiger partial charge is 0.384 e. The fourth-order valence-electron chi connectivity index (χ4n) is 4.37. The van der Waals surface area contributed by atoms with Crippen molar-refractivity contribution in [3.63, 3.8) is 0 Å².